The molecule has 1 aromatic rings. The summed E-state index contributed by atoms with van der Waals surface area (Å²) in [7, 11) is 0. The van der Waals surface area contributed by atoms with Gasteiger partial charge in [-0.3, -0.25) is 0 Å². The predicted molar refractivity (Wildman–Crippen MR) is 110 cm³/mol. The highest BCUT2D eigenvalue weighted by Gasteiger charge is 2.38. The monoisotopic (exact) mass is 403 g/mol. The molecule has 2 heterocycles. The molecule has 0 unspecified atom stereocenters. The number of rotatable bonds is 5. The molecule has 2 fully saturated rings. The molecule has 3 rings (SSSR count). The van der Waals surface area contributed by atoms with E-state index in [2.05, 4.69) is 10.6 Å². The van der Waals surface area contributed by atoms with Gasteiger partial charge in [-0.2, -0.15) is 0 Å². The molecule has 2 amide bonds. The van der Waals surface area contributed by atoms with Gasteiger partial charge in [-0.1, -0.05) is 30.3 Å². The van der Waals surface area contributed by atoms with E-state index in [9.17, 15) is 9.59 Å². The fourth-order valence-electron chi connectivity index (χ4n) is 3.91. The van der Waals surface area contributed by atoms with Crippen molar-refractivity contribution in [3.8, 4) is 0 Å². The molecule has 0 saturated carbocycles. The number of ether oxygens (including phenoxy) is 2. The predicted octanol–water partition coefficient (Wildman–Crippen LogP) is 3.15. The summed E-state index contributed by atoms with van der Waals surface area (Å²) in [6, 6.07) is 9.66. The molecule has 2 N–H and O–H groups in total. The molecule has 2 saturated heterocycles. The van der Waals surface area contributed by atoms with Crippen LogP contribution in [0.2, 0.25) is 0 Å². The minimum atomic E-state index is -0.535. The van der Waals surface area contributed by atoms with Crippen LogP contribution in [0.5, 0.6) is 0 Å². The highest BCUT2D eigenvalue weighted by molar-refractivity contribution is 5.69. The van der Waals surface area contributed by atoms with Crippen LogP contribution in [0.4, 0.5) is 9.59 Å². The highest BCUT2D eigenvalue weighted by Crippen LogP contribution is 2.27. The summed E-state index contributed by atoms with van der Waals surface area (Å²) in [5.41, 5.74) is 0.436. The molecular weight excluding hydrogens is 370 g/mol. The molecule has 2 aliphatic heterocycles. The number of carbonyl (C=O) groups excluding carboxylic acids is 2. The first-order valence-corrected chi connectivity index (χ1v) is 10.5. The molecular formula is C22H33N3O4. The standard InChI is InChI=1S/C22H33N3O4/c1-22(2,3)29-20(26)24-19(18-12-23-13-18)17-10-7-11-25(14-17)21(27)28-15-16-8-5-4-6-9-16/h4-6,8-9,17-19,23H,7,10-15H2,1-3H3,(H,24,26)/t17-,19+/m1/s1. The molecule has 0 aromatic heterocycles. The Balaban J connectivity index is 1.57. The van der Waals surface area contributed by atoms with Crippen molar-refractivity contribution in [3.05, 3.63) is 35.9 Å². The summed E-state index contributed by atoms with van der Waals surface area (Å²) in [4.78, 5) is 26.7. The van der Waals surface area contributed by atoms with Gasteiger partial charge in [0.2, 0.25) is 0 Å². The average molecular weight is 404 g/mol. The van der Waals surface area contributed by atoms with E-state index in [0.29, 0.717) is 19.0 Å². The van der Waals surface area contributed by atoms with Gasteiger partial charge in [-0.15, -0.1) is 0 Å². The maximum atomic E-state index is 12.6. The SMILES string of the molecule is CC(C)(C)OC(=O)N[C@H](C1CNC1)[C@@H]1CCCN(C(=O)OCc2ccccc2)C1. The molecule has 2 aliphatic rings. The van der Waals surface area contributed by atoms with Crippen molar-refractivity contribution in [1.82, 2.24) is 15.5 Å². The van der Waals surface area contributed by atoms with Crippen molar-refractivity contribution < 1.29 is 19.1 Å². The molecule has 0 aliphatic carbocycles. The molecule has 1 aromatic carbocycles. The number of alkyl carbamates (subject to hydrolysis) is 1. The first kappa shape index (κ1) is 21.4. The van der Waals surface area contributed by atoms with Gasteiger partial charge in [-0.05, 0) is 45.1 Å². The van der Waals surface area contributed by atoms with Gasteiger partial charge in [-0.25, -0.2) is 9.59 Å². The molecule has 7 nitrogen and oxygen atoms in total. The van der Waals surface area contributed by atoms with Gasteiger partial charge < -0.3 is 25.0 Å². The summed E-state index contributed by atoms with van der Waals surface area (Å²) < 4.78 is 11.0. The van der Waals surface area contributed by atoms with Crippen LogP contribution >= 0.6 is 0 Å². The van der Waals surface area contributed by atoms with Gasteiger partial charge in [0, 0.05) is 38.1 Å². The first-order valence-electron chi connectivity index (χ1n) is 10.5. The Morgan fingerprint density at radius 2 is 1.93 bits per heavy atom. The maximum Gasteiger partial charge on any atom is 0.410 e. The molecule has 2 atom stereocenters. The minimum Gasteiger partial charge on any atom is -0.445 e. The number of benzene rings is 1. The van der Waals surface area contributed by atoms with Crippen molar-refractivity contribution in [2.45, 2.75) is 51.9 Å². The van der Waals surface area contributed by atoms with Crippen molar-refractivity contribution in [1.29, 1.82) is 0 Å². The van der Waals surface area contributed by atoms with Crippen LogP contribution in [-0.4, -0.2) is 54.9 Å². The second-order valence-electron chi connectivity index (χ2n) is 8.98. The fraction of sp³-hybridized carbons (Fsp3) is 0.636. The first-order chi connectivity index (χ1) is 13.8. The second-order valence-corrected chi connectivity index (χ2v) is 8.98. The lowest BCUT2D eigenvalue weighted by molar-refractivity contribution is 0.0365. The van der Waals surface area contributed by atoms with Gasteiger partial charge in [0.1, 0.15) is 12.2 Å². The van der Waals surface area contributed by atoms with Gasteiger partial charge in [0.25, 0.3) is 0 Å². The third-order valence-corrected chi connectivity index (χ3v) is 5.43. The number of hydrogen-bond donors (Lipinski definition) is 2. The van der Waals surface area contributed by atoms with Gasteiger partial charge in [0.05, 0.1) is 0 Å². The van der Waals surface area contributed by atoms with Crippen LogP contribution < -0.4 is 10.6 Å². The van der Waals surface area contributed by atoms with Crippen LogP contribution in [0.3, 0.4) is 0 Å². The van der Waals surface area contributed by atoms with Crippen LogP contribution in [0.25, 0.3) is 0 Å². The summed E-state index contributed by atoms with van der Waals surface area (Å²) in [5.74, 6) is 0.542. The highest BCUT2D eigenvalue weighted by atomic mass is 16.6. The van der Waals surface area contributed by atoms with Crippen molar-refractivity contribution in [2.24, 2.45) is 11.8 Å². The van der Waals surface area contributed by atoms with Crippen LogP contribution in [0, 0.1) is 11.8 Å². The Bertz CT molecular complexity index is 685. The van der Waals surface area contributed by atoms with E-state index >= 15 is 0 Å². The normalized spacial score (nSPS) is 21.1. The van der Waals surface area contributed by atoms with E-state index in [0.717, 1.165) is 31.5 Å². The number of piperidine rings is 1. The maximum absolute atomic E-state index is 12.6. The lowest BCUT2D eigenvalue weighted by atomic mass is 9.80. The molecule has 0 bridgehead atoms. The zero-order chi connectivity index (χ0) is 20.9. The molecule has 7 heteroatoms. The van der Waals surface area contributed by atoms with E-state index in [4.69, 9.17) is 9.47 Å². The summed E-state index contributed by atoms with van der Waals surface area (Å²) in [6.45, 7) is 8.86. The summed E-state index contributed by atoms with van der Waals surface area (Å²) in [6.07, 6.45) is 1.19. The van der Waals surface area contributed by atoms with E-state index in [1.165, 1.54) is 0 Å². The largest absolute Gasteiger partial charge is 0.445 e. The van der Waals surface area contributed by atoms with Gasteiger partial charge in [0.15, 0.2) is 0 Å². The number of likely N-dealkylation sites (tertiary alicyclic amines) is 1. The van der Waals surface area contributed by atoms with Crippen molar-refractivity contribution in [2.75, 3.05) is 26.2 Å². The van der Waals surface area contributed by atoms with Gasteiger partial charge >= 0.3 is 12.2 Å². The Hall–Kier alpha value is -2.28. The Kier molecular flexibility index (Phi) is 7.00. The van der Waals surface area contributed by atoms with Crippen LogP contribution in [0.15, 0.2) is 30.3 Å². The third kappa shape index (κ3) is 6.35. The van der Waals surface area contributed by atoms with E-state index in [1.807, 2.05) is 51.1 Å². The summed E-state index contributed by atoms with van der Waals surface area (Å²) in [5, 5.41) is 6.36. The third-order valence-electron chi connectivity index (χ3n) is 5.43. The lowest BCUT2D eigenvalue weighted by Gasteiger charge is -2.43. The lowest BCUT2D eigenvalue weighted by Crippen LogP contribution is -2.60. The smallest absolute Gasteiger partial charge is 0.410 e. The zero-order valence-corrected chi connectivity index (χ0v) is 17.6. The number of nitrogens with one attached hydrogen (secondary N) is 2. The zero-order valence-electron chi connectivity index (χ0n) is 17.6. The number of amides is 2. The number of hydrogen-bond acceptors (Lipinski definition) is 5. The van der Waals surface area contributed by atoms with E-state index in [-0.39, 0.29) is 24.7 Å². The van der Waals surface area contributed by atoms with E-state index in [1.54, 1.807) is 4.90 Å². The Morgan fingerprint density at radius 3 is 2.55 bits per heavy atom. The average Bonchev–Trinajstić information content (AvgIpc) is 2.63. The number of nitrogens with zero attached hydrogens (tertiary/aromatic N) is 1. The van der Waals surface area contributed by atoms with E-state index < -0.39 is 11.7 Å². The fourth-order valence-corrected chi connectivity index (χ4v) is 3.91. The minimum absolute atomic E-state index is 0.0178. The Labute approximate surface area is 173 Å². The van der Waals surface area contributed by atoms with Crippen LogP contribution in [-0.2, 0) is 16.1 Å². The molecule has 0 radical (unpaired) electrons. The second kappa shape index (κ2) is 9.48. The molecule has 0 spiro atoms. The molecule has 29 heavy (non-hydrogen) atoms. The topological polar surface area (TPSA) is 79.9 Å². The Morgan fingerprint density at radius 1 is 1.21 bits per heavy atom. The molecule has 160 valence electrons. The summed E-state index contributed by atoms with van der Waals surface area (Å²) >= 11 is 0. The number of carbonyl (C=O) groups is 2. The van der Waals surface area contributed by atoms with Crippen LogP contribution in [0.1, 0.15) is 39.2 Å². The van der Waals surface area contributed by atoms with Crippen molar-refractivity contribution in [3.63, 3.8) is 0 Å². The quantitative estimate of drug-likeness (QED) is 0.790. The van der Waals surface area contributed by atoms with Crippen molar-refractivity contribution >= 4 is 12.2 Å².